The van der Waals surface area contributed by atoms with E-state index in [-0.39, 0.29) is 18.0 Å². The van der Waals surface area contributed by atoms with Crippen LogP contribution in [0.1, 0.15) is 42.6 Å². The second-order valence-corrected chi connectivity index (χ2v) is 7.69. The zero-order valence-electron chi connectivity index (χ0n) is 17.1. The lowest BCUT2D eigenvalue weighted by atomic mass is 10.1. The van der Waals surface area contributed by atoms with Gasteiger partial charge < -0.3 is 15.4 Å². The molecule has 0 saturated carbocycles. The second kappa shape index (κ2) is 8.51. The molecule has 154 valence electrons. The molecule has 8 nitrogen and oxygen atoms in total. The molecule has 0 aliphatic carbocycles. The molecule has 4 rings (SSSR count). The van der Waals surface area contributed by atoms with Gasteiger partial charge in [-0.2, -0.15) is 10.4 Å². The van der Waals surface area contributed by atoms with Crippen LogP contribution in [0.15, 0.2) is 36.7 Å². The summed E-state index contributed by atoms with van der Waals surface area (Å²) in [5, 5.41) is 19.9. The average Bonchev–Trinajstić information content (AvgIpc) is 3.17. The van der Waals surface area contributed by atoms with Gasteiger partial charge in [-0.1, -0.05) is 0 Å². The van der Waals surface area contributed by atoms with Gasteiger partial charge in [-0.3, -0.25) is 9.78 Å². The van der Waals surface area contributed by atoms with E-state index >= 15 is 0 Å². The first-order chi connectivity index (χ1) is 14.5. The predicted molar refractivity (Wildman–Crippen MR) is 113 cm³/mol. The first-order valence-corrected chi connectivity index (χ1v) is 10.1. The molecule has 0 aromatic carbocycles. The Morgan fingerprint density at radius 1 is 1.27 bits per heavy atom. The number of fused-ring (bicyclic) bond motifs is 1. The van der Waals surface area contributed by atoms with Gasteiger partial charge in [-0.25, -0.2) is 4.52 Å². The number of anilines is 1. The van der Waals surface area contributed by atoms with Crippen LogP contribution in [0.25, 0.3) is 16.9 Å². The maximum atomic E-state index is 12.9. The molecule has 1 fully saturated rings. The minimum Gasteiger partial charge on any atom is -0.382 e. The fraction of sp³-hybridized carbons (Fsp3) is 0.364. The van der Waals surface area contributed by atoms with Crippen LogP contribution in [0.5, 0.6) is 0 Å². The molecule has 0 atom stereocenters. The van der Waals surface area contributed by atoms with Crippen molar-refractivity contribution in [2.45, 2.75) is 38.8 Å². The van der Waals surface area contributed by atoms with Crippen LogP contribution in [-0.2, 0) is 4.74 Å². The normalized spacial score (nSPS) is 14.6. The quantitative estimate of drug-likeness (QED) is 0.677. The highest BCUT2D eigenvalue weighted by Crippen LogP contribution is 2.26. The molecule has 1 aliphatic rings. The SMILES string of the molecule is CC(C)Nc1cc(-c2ccc3cc(C#N)cnn23)ncc1C(=O)NC1CCOCC1. The van der Waals surface area contributed by atoms with Crippen LogP contribution in [0.3, 0.4) is 0 Å². The van der Waals surface area contributed by atoms with E-state index in [1.807, 2.05) is 32.0 Å². The standard InChI is InChI=1S/C22H24N6O2/c1-14(2)26-19-10-20(21-4-3-17-9-15(11-23)12-25-28(17)21)24-13-18(19)22(29)27-16-5-7-30-8-6-16/h3-4,9-10,12-14,16H,5-8H2,1-2H3,(H,24,26)(H,27,29). The second-order valence-electron chi connectivity index (χ2n) is 7.69. The van der Waals surface area contributed by atoms with Crippen LogP contribution in [0.4, 0.5) is 5.69 Å². The number of carbonyl (C=O) groups excluding carboxylic acids is 1. The van der Waals surface area contributed by atoms with E-state index in [1.165, 1.54) is 6.20 Å². The third kappa shape index (κ3) is 4.11. The summed E-state index contributed by atoms with van der Waals surface area (Å²) in [6.45, 7) is 5.39. The molecular formula is C22H24N6O2. The summed E-state index contributed by atoms with van der Waals surface area (Å²) in [4.78, 5) is 17.5. The van der Waals surface area contributed by atoms with Crippen LogP contribution in [0, 0.1) is 11.3 Å². The summed E-state index contributed by atoms with van der Waals surface area (Å²) in [5.41, 5.74) is 4.03. The summed E-state index contributed by atoms with van der Waals surface area (Å²) < 4.78 is 7.11. The number of ether oxygens (including phenoxy) is 1. The Bertz CT molecular complexity index is 1110. The van der Waals surface area contributed by atoms with Gasteiger partial charge in [0, 0.05) is 31.5 Å². The van der Waals surface area contributed by atoms with E-state index in [0.717, 1.165) is 29.7 Å². The molecule has 0 radical (unpaired) electrons. The molecule has 30 heavy (non-hydrogen) atoms. The number of amides is 1. The molecule has 0 bridgehead atoms. The van der Waals surface area contributed by atoms with Gasteiger partial charge in [0.2, 0.25) is 0 Å². The molecule has 8 heteroatoms. The minimum atomic E-state index is -0.138. The smallest absolute Gasteiger partial charge is 0.255 e. The van der Waals surface area contributed by atoms with Crippen molar-refractivity contribution in [3.63, 3.8) is 0 Å². The van der Waals surface area contributed by atoms with Crippen LogP contribution >= 0.6 is 0 Å². The lowest BCUT2D eigenvalue weighted by Crippen LogP contribution is -2.39. The number of hydrogen-bond donors (Lipinski definition) is 2. The number of nitrogens with zero attached hydrogens (tertiary/aromatic N) is 4. The van der Waals surface area contributed by atoms with E-state index in [1.54, 1.807) is 16.8 Å². The zero-order chi connectivity index (χ0) is 21.1. The Kier molecular flexibility index (Phi) is 5.63. The molecule has 3 aromatic rings. The van der Waals surface area contributed by atoms with Gasteiger partial charge in [0.15, 0.2) is 0 Å². The number of carbonyl (C=O) groups is 1. The Balaban J connectivity index is 1.67. The highest BCUT2D eigenvalue weighted by Gasteiger charge is 2.21. The van der Waals surface area contributed by atoms with Crippen LogP contribution < -0.4 is 10.6 Å². The largest absolute Gasteiger partial charge is 0.382 e. The van der Waals surface area contributed by atoms with Crippen molar-refractivity contribution < 1.29 is 9.53 Å². The molecule has 4 heterocycles. The van der Waals surface area contributed by atoms with Crippen molar-refractivity contribution in [1.82, 2.24) is 19.9 Å². The number of pyridine rings is 1. The Labute approximate surface area is 174 Å². The number of hydrogen-bond acceptors (Lipinski definition) is 6. The molecule has 1 amide bonds. The van der Waals surface area contributed by atoms with Crippen LogP contribution in [-0.4, -0.2) is 45.8 Å². The van der Waals surface area contributed by atoms with Gasteiger partial charge in [0.25, 0.3) is 5.91 Å². The van der Waals surface area contributed by atoms with Crippen molar-refractivity contribution in [2.24, 2.45) is 0 Å². The number of nitrogens with one attached hydrogen (secondary N) is 2. The van der Waals surface area contributed by atoms with E-state index in [0.29, 0.717) is 30.0 Å². The molecule has 1 aliphatic heterocycles. The van der Waals surface area contributed by atoms with Crippen molar-refractivity contribution in [2.75, 3.05) is 18.5 Å². The number of nitriles is 1. The number of rotatable bonds is 5. The Morgan fingerprint density at radius 2 is 2.07 bits per heavy atom. The molecule has 3 aromatic heterocycles. The van der Waals surface area contributed by atoms with Crippen molar-refractivity contribution in [1.29, 1.82) is 5.26 Å². The van der Waals surface area contributed by atoms with Gasteiger partial charge in [-0.05, 0) is 51.0 Å². The lowest BCUT2D eigenvalue weighted by Gasteiger charge is -2.24. The average molecular weight is 404 g/mol. The fourth-order valence-electron chi connectivity index (χ4n) is 3.57. The third-order valence-corrected chi connectivity index (χ3v) is 5.04. The van der Waals surface area contributed by atoms with Crippen molar-refractivity contribution in [3.05, 3.63) is 47.8 Å². The minimum absolute atomic E-state index is 0.117. The maximum absolute atomic E-state index is 12.9. The van der Waals surface area contributed by atoms with E-state index < -0.39 is 0 Å². The first kappa shape index (κ1) is 19.9. The molecule has 2 N–H and O–H groups in total. The van der Waals surface area contributed by atoms with Crippen LogP contribution in [0.2, 0.25) is 0 Å². The Morgan fingerprint density at radius 3 is 2.80 bits per heavy atom. The monoisotopic (exact) mass is 404 g/mol. The van der Waals surface area contributed by atoms with Gasteiger partial charge >= 0.3 is 0 Å². The maximum Gasteiger partial charge on any atom is 0.255 e. The van der Waals surface area contributed by atoms with Gasteiger partial charge in [-0.15, -0.1) is 0 Å². The van der Waals surface area contributed by atoms with E-state index in [4.69, 9.17) is 10.00 Å². The summed E-state index contributed by atoms with van der Waals surface area (Å²) in [6.07, 6.45) is 4.77. The highest BCUT2D eigenvalue weighted by molar-refractivity contribution is 6.00. The lowest BCUT2D eigenvalue weighted by molar-refractivity contribution is 0.0696. The topological polar surface area (TPSA) is 104 Å². The van der Waals surface area contributed by atoms with Crippen molar-refractivity contribution >= 4 is 17.1 Å². The van der Waals surface area contributed by atoms with E-state index in [2.05, 4.69) is 26.8 Å². The van der Waals surface area contributed by atoms with E-state index in [9.17, 15) is 4.79 Å². The zero-order valence-corrected chi connectivity index (χ0v) is 17.1. The molecular weight excluding hydrogens is 380 g/mol. The van der Waals surface area contributed by atoms with Gasteiger partial charge in [0.05, 0.1) is 39.9 Å². The number of aromatic nitrogens is 3. The first-order valence-electron chi connectivity index (χ1n) is 10.1. The summed E-state index contributed by atoms with van der Waals surface area (Å²) in [5.74, 6) is -0.138. The summed E-state index contributed by atoms with van der Waals surface area (Å²) in [7, 11) is 0. The molecule has 0 unspecified atom stereocenters. The highest BCUT2D eigenvalue weighted by atomic mass is 16.5. The molecule has 1 saturated heterocycles. The molecule has 0 spiro atoms. The Hall–Kier alpha value is -3.44. The summed E-state index contributed by atoms with van der Waals surface area (Å²) in [6, 6.07) is 9.82. The third-order valence-electron chi connectivity index (χ3n) is 5.04. The predicted octanol–water partition coefficient (Wildman–Crippen LogP) is 3.00. The fourth-order valence-corrected chi connectivity index (χ4v) is 3.57. The van der Waals surface area contributed by atoms with Gasteiger partial charge in [0.1, 0.15) is 6.07 Å². The van der Waals surface area contributed by atoms with Crippen molar-refractivity contribution in [3.8, 4) is 17.5 Å². The summed E-state index contributed by atoms with van der Waals surface area (Å²) >= 11 is 0.